The summed E-state index contributed by atoms with van der Waals surface area (Å²) in [4.78, 5) is 71.2. The van der Waals surface area contributed by atoms with Crippen LogP contribution < -0.4 is 16.0 Å². The average Bonchev–Trinajstić information content (AvgIpc) is 4.04. The van der Waals surface area contributed by atoms with Gasteiger partial charge >= 0.3 is 12.2 Å². The van der Waals surface area contributed by atoms with Gasteiger partial charge in [0, 0.05) is 90.0 Å². The molecule has 0 radical (unpaired) electrons. The Bertz CT molecular complexity index is 2010. The van der Waals surface area contributed by atoms with E-state index in [0.29, 0.717) is 64.0 Å². The summed E-state index contributed by atoms with van der Waals surface area (Å²) in [6.45, 7) is 2.98. The van der Waals surface area contributed by atoms with Crippen LogP contribution in [0.2, 0.25) is 0 Å². The van der Waals surface area contributed by atoms with E-state index in [2.05, 4.69) is 60.2 Å². The van der Waals surface area contributed by atoms with Gasteiger partial charge in [0.2, 0.25) is 17.8 Å². The maximum Gasteiger partial charge on any atom is 0.407 e. The van der Waals surface area contributed by atoms with Crippen molar-refractivity contribution in [2.45, 2.75) is 50.2 Å². The van der Waals surface area contributed by atoms with Crippen LogP contribution in [0.15, 0.2) is 55.0 Å². The van der Waals surface area contributed by atoms with E-state index in [0.717, 1.165) is 52.4 Å². The summed E-state index contributed by atoms with van der Waals surface area (Å²) in [5.41, 5.74) is 3.67. The predicted molar refractivity (Wildman–Crippen MR) is 211 cm³/mol. The number of amides is 4. The molecule has 0 saturated carbocycles. The van der Waals surface area contributed by atoms with E-state index in [4.69, 9.17) is 18.9 Å². The fourth-order valence-corrected chi connectivity index (χ4v) is 7.37. The number of carbonyl (C=O) groups is 4. The minimum atomic E-state index is -0.765. The number of fused-ring (bicyclic) bond motifs is 1. The maximum atomic E-state index is 13.6. The van der Waals surface area contributed by atoms with Crippen LogP contribution >= 0.6 is 0 Å². The summed E-state index contributed by atoms with van der Waals surface area (Å²) < 4.78 is 19.7. The van der Waals surface area contributed by atoms with Crippen molar-refractivity contribution in [3.8, 4) is 22.4 Å². The molecule has 4 amide bonds. The summed E-state index contributed by atoms with van der Waals surface area (Å²) in [5.74, 6) is 1.07. The Balaban J connectivity index is 1.05. The van der Waals surface area contributed by atoms with Gasteiger partial charge in [-0.05, 0) is 53.6 Å². The Morgan fingerprint density at radius 3 is 2.05 bits per heavy atom. The van der Waals surface area contributed by atoms with Gasteiger partial charge in [-0.3, -0.25) is 9.59 Å². The van der Waals surface area contributed by atoms with Gasteiger partial charge in [-0.1, -0.05) is 24.3 Å². The number of nitrogens with one attached hydrogen (secondary N) is 4. The number of carbonyl (C=O) groups excluding carboxylic acids is 4. The van der Waals surface area contributed by atoms with Gasteiger partial charge in [0.25, 0.3) is 0 Å². The second-order valence-corrected chi connectivity index (χ2v) is 14.2. The first-order chi connectivity index (χ1) is 27.7. The summed E-state index contributed by atoms with van der Waals surface area (Å²) in [6, 6.07) is 10.7. The number of methoxy groups -OCH3 is 4. The molecule has 2 aliphatic heterocycles. The van der Waals surface area contributed by atoms with Crippen LogP contribution in [0.3, 0.4) is 0 Å². The Hall–Kier alpha value is -5.81. The van der Waals surface area contributed by atoms with Crippen molar-refractivity contribution in [3.05, 3.63) is 60.8 Å². The number of alkyl carbamates (subject to hydrolysis) is 2. The fourth-order valence-electron chi connectivity index (χ4n) is 7.37. The molecule has 2 aliphatic rings. The molecule has 4 N–H and O–H groups in total. The normalized spacial score (nSPS) is 17.6. The van der Waals surface area contributed by atoms with Crippen LogP contribution in [-0.2, 0) is 28.5 Å². The second-order valence-electron chi connectivity index (χ2n) is 14.2. The zero-order chi connectivity index (χ0) is 40.3. The van der Waals surface area contributed by atoms with Crippen LogP contribution in [0.5, 0.6) is 0 Å². The van der Waals surface area contributed by atoms with E-state index in [1.807, 2.05) is 12.1 Å². The molecule has 0 spiro atoms. The lowest BCUT2D eigenvalue weighted by molar-refractivity contribution is -0.135. The first-order valence-electron chi connectivity index (χ1n) is 19.1. The Morgan fingerprint density at radius 2 is 1.40 bits per heavy atom. The van der Waals surface area contributed by atoms with Crippen molar-refractivity contribution in [3.63, 3.8) is 0 Å². The monoisotopic (exact) mass is 785 g/mol. The number of H-pyrrole nitrogens is 1. The van der Waals surface area contributed by atoms with Gasteiger partial charge < -0.3 is 49.7 Å². The molecular weight excluding hydrogens is 734 g/mol. The highest BCUT2D eigenvalue weighted by atomic mass is 16.5. The number of aromatic nitrogens is 4. The lowest BCUT2D eigenvalue weighted by Gasteiger charge is -2.28. The Labute approximate surface area is 331 Å². The average molecular weight is 786 g/mol. The third-order valence-electron chi connectivity index (χ3n) is 10.5. The molecule has 6 rings (SSSR count). The van der Waals surface area contributed by atoms with Gasteiger partial charge in [0.15, 0.2) is 0 Å². The number of nitrogens with zero attached hydrogens (tertiary/aromatic N) is 5. The number of ether oxygens (including phenoxy) is 4. The number of imidazole rings is 1. The number of anilines is 1. The highest BCUT2D eigenvalue weighted by molar-refractivity contribution is 5.90. The molecule has 0 aliphatic carbocycles. The van der Waals surface area contributed by atoms with Crippen molar-refractivity contribution in [2.24, 2.45) is 5.92 Å². The number of likely N-dealkylation sites (tertiary alicyclic amines) is 2. The van der Waals surface area contributed by atoms with Gasteiger partial charge in [-0.25, -0.2) is 24.5 Å². The number of hydrogen-bond donors (Lipinski definition) is 4. The van der Waals surface area contributed by atoms with Crippen molar-refractivity contribution in [2.75, 3.05) is 73.1 Å². The van der Waals surface area contributed by atoms with Gasteiger partial charge in [0.1, 0.15) is 17.9 Å². The molecule has 304 valence electrons. The Morgan fingerprint density at radius 1 is 0.772 bits per heavy atom. The summed E-state index contributed by atoms with van der Waals surface area (Å²) in [7, 11) is 5.65. The molecule has 2 saturated heterocycles. The smallest absolute Gasteiger partial charge is 0.407 e. The van der Waals surface area contributed by atoms with Crippen molar-refractivity contribution < 1.29 is 38.1 Å². The zero-order valence-electron chi connectivity index (χ0n) is 32.8. The standard InChI is InChI=1S/C40H51N9O8/c1-54-16-12-31(46-39(52)56-3)36(50)48-15-11-25(24-48)20-42-38-43-21-30(22-44-38)28-8-7-27-19-29(10-9-26(27)18-28)33-23-41-35(45-33)34-6-5-14-49(34)37(51)32(13-17-55-2)47-40(53)57-4/h7-10,18-19,21-23,25,31-32,34H,5-6,11-17,20,24H2,1-4H3,(H,41,45)(H,46,52)(H,47,53)(H,42,43,44)/t25-,31+,32-,34+/m1/s1. The number of aromatic amines is 1. The predicted octanol–water partition coefficient (Wildman–Crippen LogP) is 4.13. The van der Waals surface area contributed by atoms with E-state index in [1.54, 1.807) is 42.6 Å². The first-order valence-corrected chi connectivity index (χ1v) is 19.1. The zero-order valence-corrected chi connectivity index (χ0v) is 32.8. The lowest BCUT2D eigenvalue weighted by atomic mass is 10.0. The van der Waals surface area contributed by atoms with E-state index >= 15 is 0 Å². The molecule has 4 aromatic rings. The third-order valence-corrected chi connectivity index (χ3v) is 10.5. The van der Waals surface area contributed by atoms with Gasteiger partial charge in [-0.15, -0.1) is 0 Å². The topological polar surface area (TPSA) is 202 Å². The number of hydrogen-bond acceptors (Lipinski definition) is 12. The largest absolute Gasteiger partial charge is 0.453 e. The van der Waals surface area contributed by atoms with Crippen molar-refractivity contribution >= 4 is 40.7 Å². The molecule has 17 nitrogen and oxygen atoms in total. The molecule has 0 bridgehead atoms. The minimum absolute atomic E-state index is 0.149. The van der Waals surface area contributed by atoms with Crippen molar-refractivity contribution in [1.29, 1.82) is 0 Å². The summed E-state index contributed by atoms with van der Waals surface area (Å²) in [5, 5.41) is 10.7. The van der Waals surface area contributed by atoms with Crippen LogP contribution in [0.25, 0.3) is 33.2 Å². The first kappa shape index (κ1) is 40.8. The second kappa shape index (κ2) is 19.4. The number of benzene rings is 2. The van der Waals surface area contributed by atoms with Gasteiger partial charge in [0.05, 0.1) is 32.2 Å². The SMILES string of the molecule is COCC[C@H](NC(=O)OC)C(=O)N1CC[C@H](CNc2ncc(-c3ccc4cc(-c5cnc([C@@H]6CCCN6C(=O)[C@@H](CCOC)NC(=O)OC)[nH]5)ccc4c3)cn2)C1. The van der Waals surface area contributed by atoms with Crippen LogP contribution in [-0.4, -0.2) is 134 Å². The van der Waals surface area contributed by atoms with Crippen molar-refractivity contribution in [1.82, 2.24) is 40.4 Å². The number of rotatable bonds is 16. The van der Waals surface area contributed by atoms with E-state index in [-0.39, 0.29) is 23.8 Å². The molecule has 2 aromatic carbocycles. The summed E-state index contributed by atoms with van der Waals surface area (Å²) in [6.07, 6.45) is 7.16. The summed E-state index contributed by atoms with van der Waals surface area (Å²) >= 11 is 0. The molecule has 17 heteroatoms. The van der Waals surface area contributed by atoms with E-state index in [9.17, 15) is 19.2 Å². The van der Waals surface area contributed by atoms with Crippen LogP contribution in [0, 0.1) is 5.92 Å². The van der Waals surface area contributed by atoms with Crippen LogP contribution in [0.4, 0.5) is 15.5 Å². The molecule has 4 atom stereocenters. The highest BCUT2D eigenvalue weighted by Crippen LogP contribution is 2.33. The molecule has 4 heterocycles. The quantitative estimate of drug-likeness (QED) is 0.127. The van der Waals surface area contributed by atoms with Crippen LogP contribution in [0.1, 0.15) is 44.0 Å². The van der Waals surface area contributed by atoms with E-state index in [1.165, 1.54) is 14.2 Å². The highest BCUT2D eigenvalue weighted by Gasteiger charge is 2.36. The maximum absolute atomic E-state index is 13.6. The third kappa shape index (κ3) is 10.1. The lowest BCUT2D eigenvalue weighted by Crippen LogP contribution is -2.49. The van der Waals surface area contributed by atoms with Gasteiger partial charge in [-0.2, -0.15) is 0 Å². The Kier molecular flexibility index (Phi) is 13.9. The fraction of sp³-hybridized carbons (Fsp3) is 0.475. The molecule has 57 heavy (non-hydrogen) atoms. The molecule has 0 unspecified atom stereocenters. The minimum Gasteiger partial charge on any atom is -0.453 e. The van der Waals surface area contributed by atoms with E-state index < -0.39 is 24.3 Å². The molecule has 2 aromatic heterocycles. The molecule has 2 fully saturated rings. The molecular formula is C40H51N9O8.